The first-order valence-electron chi connectivity index (χ1n) is 11.5. The minimum absolute atomic E-state index is 0.136. The summed E-state index contributed by atoms with van der Waals surface area (Å²) in [7, 11) is 1.89. The molecule has 35 heavy (non-hydrogen) atoms. The average molecular weight is 489 g/mol. The lowest BCUT2D eigenvalue weighted by Gasteiger charge is -2.27. The van der Waals surface area contributed by atoms with Crippen LogP contribution >= 0.6 is 0 Å². The second kappa shape index (κ2) is 10.0. The number of nitrogens with zero attached hydrogens (tertiary/aromatic N) is 6. The summed E-state index contributed by atoms with van der Waals surface area (Å²) in [5.41, 5.74) is 2.80. The number of carbonyl (C=O) groups excluding carboxylic acids is 1. The Morgan fingerprint density at radius 2 is 2.00 bits per heavy atom. The molecule has 4 heterocycles. The molecule has 4 rings (SSSR count). The first kappa shape index (κ1) is 24.6. The molecule has 0 aliphatic carbocycles. The van der Waals surface area contributed by atoms with E-state index in [2.05, 4.69) is 25.2 Å². The topological polar surface area (TPSA) is 86.0 Å². The van der Waals surface area contributed by atoms with Gasteiger partial charge in [0, 0.05) is 38.7 Å². The van der Waals surface area contributed by atoms with E-state index in [1.807, 2.05) is 26.2 Å². The maximum atomic E-state index is 13.2. The summed E-state index contributed by atoms with van der Waals surface area (Å²) >= 11 is 0. The lowest BCUT2D eigenvalue weighted by atomic mass is 10.0. The van der Waals surface area contributed by atoms with Crippen LogP contribution in [0, 0.1) is 6.92 Å². The second-order valence-electron chi connectivity index (χ2n) is 8.58. The Labute approximate surface area is 201 Å². The minimum Gasteiger partial charge on any atom is -0.478 e. The van der Waals surface area contributed by atoms with E-state index >= 15 is 0 Å². The molecule has 0 unspecified atom stereocenters. The quantitative estimate of drug-likeness (QED) is 0.471. The van der Waals surface area contributed by atoms with E-state index in [4.69, 9.17) is 4.74 Å². The van der Waals surface area contributed by atoms with Crippen molar-refractivity contribution in [2.75, 3.05) is 18.1 Å². The molecule has 8 nitrogen and oxygen atoms in total. The maximum Gasteiger partial charge on any atom is 0.433 e. The van der Waals surface area contributed by atoms with E-state index in [0.29, 0.717) is 12.1 Å². The van der Waals surface area contributed by atoms with Crippen molar-refractivity contribution in [1.29, 1.82) is 0 Å². The van der Waals surface area contributed by atoms with Gasteiger partial charge in [-0.2, -0.15) is 23.4 Å². The van der Waals surface area contributed by atoms with Gasteiger partial charge in [0.25, 0.3) is 0 Å². The summed E-state index contributed by atoms with van der Waals surface area (Å²) in [6.45, 7) is 4.60. The van der Waals surface area contributed by atoms with Crippen LogP contribution in [0.4, 0.5) is 24.7 Å². The van der Waals surface area contributed by atoms with Crippen LogP contribution in [0.1, 0.15) is 48.0 Å². The SMILES string of the molecule is CCOc1cc(CC(=O)CCc2cc(C)c(N3CCCc4nn(C)cc43)nn2)cc(C(F)(F)F)n1. The molecule has 0 atom stereocenters. The molecule has 0 saturated carbocycles. The highest BCUT2D eigenvalue weighted by molar-refractivity contribution is 5.81. The van der Waals surface area contributed by atoms with Gasteiger partial charge in [0.05, 0.1) is 23.7 Å². The van der Waals surface area contributed by atoms with Crippen LogP contribution in [0.25, 0.3) is 0 Å². The summed E-state index contributed by atoms with van der Waals surface area (Å²) in [5, 5.41) is 13.2. The number of alkyl halides is 3. The van der Waals surface area contributed by atoms with E-state index in [9.17, 15) is 18.0 Å². The smallest absolute Gasteiger partial charge is 0.433 e. The first-order chi connectivity index (χ1) is 16.6. The number of aryl methyl sites for hydroxylation is 4. The lowest BCUT2D eigenvalue weighted by Crippen LogP contribution is -2.26. The number of hydrogen-bond donors (Lipinski definition) is 0. The van der Waals surface area contributed by atoms with Crippen molar-refractivity contribution >= 4 is 17.3 Å². The molecule has 186 valence electrons. The monoisotopic (exact) mass is 488 g/mol. The fourth-order valence-corrected chi connectivity index (χ4v) is 4.21. The van der Waals surface area contributed by atoms with Crippen molar-refractivity contribution in [2.45, 2.75) is 52.1 Å². The zero-order valence-corrected chi connectivity index (χ0v) is 19.9. The van der Waals surface area contributed by atoms with Crippen LogP contribution in [-0.4, -0.2) is 43.9 Å². The molecule has 0 amide bonds. The van der Waals surface area contributed by atoms with Gasteiger partial charge >= 0.3 is 6.18 Å². The molecule has 0 aromatic carbocycles. The number of fused-ring (bicyclic) bond motifs is 1. The number of ether oxygens (including phenoxy) is 1. The Bertz CT molecular complexity index is 1220. The molecule has 3 aromatic heterocycles. The van der Waals surface area contributed by atoms with Crippen molar-refractivity contribution < 1.29 is 22.7 Å². The number of ketones is 1. The van der Waals surface area contributed by atoms with E-state index in [1.165, 1.54) is 6.07 Å². The Hall–Kier alpha value is -3.50. The highest BCUT2D eigenvalue weighted by Gasteiger charge is 2.33. The molecule has 0 fully saturated rings. The van der Waals surface area contributed by atoms with Crippen molar-refractivity contribution in [3.05, 3.63) is 52.6 Å². The van der Waals surface area contributed by atoms with Gasteiger partial charge in [-0.05, 0) is 56.4 Å². The predicted octanol–water partition coefficient (Wildman–Crippen LogP) is 4.16. The molecule has 0 spiro atoms. The zero-order chi connectivity index (χ0) is 25.2. The summed E-state index contributed by atoms with van der Waals surface area (Å²) in [6, 6.07) is 4.17. The van der Waals surface area contributed by atoms with Crippen LogP contribution in [0.15, 0.2) is 24.4 Å². The second-order valence-corrected chi connectivity index (χ2v) is 8.58. The lowest BCUT2D eigenvalue weighted by molar-refractivity contribution is -0.141. The zero-order valence-electron chi connectivity index (χ0n) is 19.9. The molecule has 0 saturated heterocycles. The number of carbonyl (C=O) groups is 1. The minimum atomic E-state index is -4.62. The summed E-state index contributed by atoms with van der Waals surface area (Å²) in [5.74, 6) is 0.414. The number of pyridine rings is 1. The van der Waals surface area contributed by atoms with Crippen molar-refractivity contribution in [1.82, 2.24) is 25.0 Å². The van der Waals surface area contributed by atoms with E-state index in [-0.39, 0.29) is 36.7 Å². The summed E-state index contributed by atoms with van der Waals surface area (Å²) in [6.07, 6.45) is -0.413. The van der Waals surface area contributed by atoms with Crippen LogP contribution in [0.2, 0.25) is 0 Å². The molecule has 0 N–H and O–H groups in total. The molecular weight excluding hydrogens is 461 g/mol. The first-order valence-corrected chi connectivity index (χ1v) is 11.5. The third kappa shape index (κ3) is 5.77. The van der Waals surface area contributed by atoms with Gasteiger partial charge in [0.1, 0.15) is 11.5 Å². The molecule has 0 bridgehead atoms. The van der Waals surface area contributed by atoms with Crippen LogP contribution < -0.4 is 9.64 Å². The standard InChI is InChI=1S/C24H27F3N6O2/c1-4-35-22-13-16(12-21(28-22)24(25,26)27)11-18(34)8-7-17-10-15(2)23(30-29-17)33-9-5-6-19-20(33)14-32(3)31-19/h10,12-14H,4-9,11H2,1-3H3. The Morgan fingerprint density at radius 1 is 1.20 bits per heavy atom. The fraction of sp³-hybridized carbons (Fsp3) is 0.458. The molecule has 1 aliphatic rings. The number of rotatable bonds is 8. The van der Waals surface area contributed by atoms with Gasteiger partial charge in [0.15, 0.2) is 5.82 Å². The van der Waals surface area contributed by atoms with Gasteiger partial charge in [-0.3, -0.25) is 9.48 Å². The van der Waals surface area contributed by atoms with Crippen LogP contribution in [-0.2, 0) is 37.3 Å². The van der Waals surface area contributed by atoms with Gasteiger partial charge in [-0.1, -0.05) is 0 Å². The number of Topliss-reactive ketones (excluding diaryl/α,β-unsaturated/α-hetero) is 1. The Morgan fingerprint density at radius 3 is 2.71 bits per heavy atom. The predicted molar refractivity (Wildman–Crippen MR) is 123 cm³/mol. The largest absolute Gasteiger partial charge is 0.478 e. The summed E-state index contributed by atoms with van der Waals surface area (Å²) in [4.78, 5) is 18.1. The molecule has 3 aromatic rings. The van der Waals surface area contributed by atoms with E-state index in [0.717, 1.165) is 48.2 Å². The maximum absolute atomic E-state index is 13.2. The molecule has 1 aliphatic heterocycles. The highest BCUT2D eigenvalue weighted by Crippen LogP contribution is 2.33. The Balaban J connectivity index is 1.42. The van der Waals surface area contributed by atoms with Crippen molar-refractivity contribution in [2.24, 2.45) is 7.05 Å². The summed E-state index contributed by atoms with van der Waals surface area (Å²) < 4.78 is 46.4. The number of hydrogen-bond acceptors (Lipinski definition) is 7. The number of aromatic nitrogens is 5. The average Bonchev–Trinajstić information content (AvgIpc) is 3.18. The number of anilines is 2. The van der Waals surface area contributed by atoms with Gasteiger partial charge in [-0.25, -0.2) is 4.98 Å². The Kier molecular flexibility index (Phi) is 7.04. The normalized spacial score (nSPS) is 13.6. The van der Waals surface area contributed by atoms with Gasteiger partial charge in [0.2, 0.25) is 5.88 Å². The molecule has 11 heteroatoms. The van der Waals surface area contributed by atoms with Crippen molar-refractivity contribution in [3.8, 4) is 5.88 Å². The van der Waals surface area contributed by atoms with E-state index < -0.39 is 11.9 Å². The number of halogens is 3. The van der Waals surface area contributed by atoms with Gasteiger partial charge in [-0.15, -0.1) is 5.10 Å². The third-order valence-corrected chi connectivity index (χ3v) is 5.74. The van der Waals surface area contributed by atoms with Gasteiger partial charge < -0.3 is 9.64 Å². The van der Waals surface area contributed by atoms with Crippen LogP contribution in [0.5, 0.6) is 5.88 Å². The van der Waals surface area contributed by atoms with Crippen molar-refractivity contribution in [3.63, 3.8) is 0 Å². The highest BCUT2D eigenvalue weighted by atomic mass is 19.4. The van der Waals surface area contributed by atoms with Crippen LogP contribution in [0.3, 0.4) is 0 Å². The fourth-order valence-electron chi connectivity index (χ4n) is 4.21. The molecule has 0 radical (unpaired) electrons. The molecular formula is C24H27F3N6O2. The van der Waals surface area contributed by atoms with E-state index in [1.54, 1.807) is 11.6 Å². The third-order valence-electron chi connectivity index (χ3n) is 5.74.